The van der Waals surface area contributed by atoms with Gasteiger partial charge in [0.25, 0.3) is 0 Å². The van der Waals surface area contributed by atoms with Crippen LogP contribution in [-0.2, 0) is 9.53 Å². The molecular formula is C17H16F2N2O3. The number of benzene rings is 2. The summed E-state index contributed by atoms with van der Waals surface area (Å²) in [5.41, 5.74) is 1.06. The van der Waals surface area contributed by atoms with Crippen LogP contribution in [0.5, 0.6) is 0 Å². The first-order valence-electron chi connectivity index (χ1n) is 7.25. The molecule has 0 saturated heterocycles. The molecule has 1 amide bonds. The van der Waals surface area contributed by atoms with Crippen LogP contribution >= 0.6 is 0 Å². The Morgan fingerprint density at radius 1 is 1.00 bits per heavy atom. The Balaban J connectivity index is 1.88. The molecule has 2 N–H and O–H groups in total. The Kier molecular flexibility index (Phi) is 5.83. The number of anilines is 2. The quantitative estimate of drug-likeness (QED) is 0.796. The maximum absolute atomic E-state index is 13.0. The van der Waals surface area contributed by atoms with Crippen molar-refractivity contribution < 1.29 is 23.1 Å². The largest absolute Gasteiger partial charge is 0.462 e. The molecule has 0 fully saturated rings. The van der Waals surface area contributed by atoms with Gasteiger partial charge in [-0.25, -0.2) is 13.6 Å². The van der Waals surface area contributed by atoms with Gasteiger partial charge in [-0.05, 0) is 43.3 Å². The van der Waals surface area contributed by atoms with E-state index < -0.39 is 23.5 Å². The molecule has 7 heteroatoms. The zero-order valence-corrected chi connectivity index (χ0v) is 12.9. The monoisotopic (exact) mass is 334 g/mol. The lowest BCUT2D eigenvalue weighted by Gasteiger charge is -2.09. The number of carbonyl (C=O) groups excluding carboxylic acids is 2. The van der Waals surface area contributed by atoms with E-state index in [0.29, 0.717) is 17.9 Å². The number of carbonyl (C=O) groups is 2. The topological polar surface area (TPSA) is 67.4 Å². The van der Waals surface area contributed by atoms with Crippen LogP contribution in [0.1, 0.15) is 17.3 Å². The van der Waals surface area contributed by atoms with E-state index in [1.54, 1.807) is 31.2 Å². The van der Waals surface area contributed by atoms with E-state index in [0.717, 1.165) is 18.2 Å². The van der Waals surface area contributed by atoms with Gasteiger partial charge in [-0.3, -0.25) is 4.79 Å². The first kappa shape index (κ1) is 17.4. The zero-order valence-electron chi connectivity index (χ0n) is 12.9. The summed E-state index contributed by atoms with van der Waals surface area (Å²) in [6.07, 6.45) is 0. The smallest absolute Gasteiger partial charge is 0.338 e. The molecule has 5 nitrogen and oxygen atoms in total. The lowest BCUT2D eigenvalue weighted by molar-refractivity contribution is -0.114. The number of nitrogens with one attached hydrogen (secondary N) is 2. The molecule has 0 aliphatic carbocycles. The van der Waals surface area contributed by atoms with E-state index in [1.165, 1.54) is 0 Å². The molecule has 0 aromatic heterocycles. The minimum atomic E-state index is -0.771. The van der Waals surface area contributed by atoms with Crippen molar-refractivity contribution >= 4 is 23.3 Å². The Morgan fingerprint density at radius 3 is 2.21 bits per heavy atom. The average molecular weight is 334 g/mol. The lowest BCUT2D eigenvalue weighted by atomic mass is 10.2. The predicted octanol–water partition coefficient (Wildman–Crippen LogP) is 3.19. The number of halogens is 2. The molecular weight excluding hydrogens is 318 g/mol. The lowest BCUT2D eigenvalue weighted by Crippen LogP contribution is -2.21. The number of amides is 1. The summed E-state index contributed by atoms with van der Waals surface area (Å²) in [7, 11) is 0. The molecule has 24 heavy (non-hydrogen) atoms. The second-order valence-electron chi connectivity index (χ2n) is 4.86. The third kappa shape index (κ3) is 5.05. The molecule has 0 heterocycles. The summed E-state index contributed by atoms with van der Waals surface area (Å²) >= 11 is 0. The fourth-order valence-electron chi connectivity index (χ4n) is 1.95. The van der Waals surface area contributed by atoms with Gasteiger partial charge >= 0.3 is 5.97 Å². The van der Waals surface area contributed by atoms with E-state index in [-0.39, 0.29) is 12.2 Å². The van der Waals surface area contributed by atoms with Crippen molar-refractivity contribution in [2.75, 3.05) is 23.8 Å². The second kappa shape index (κ2) is 8.05. The van der Waals surface area contributed by atoms with Crippen molar-refractivity contribution in [1.29, 1.82) is 0 Å². The van der Waals surface area contributed by atoms with Crippen LogP contribution in [0.15, 0.2) is 42.5 Å². The highest BCUT2D eigenvalue weighted by Crippen LogP contribution is 2.13. The molecule has 0 unspecified atom stereocenters. The van der Waals surface area contributed by atoms with Crippen LogP contribution < -0.4 is 10.6 Å². The van der Waals surface area contributed by atoms with Crippen LogP contribution in [0.4, 0.5) is 20.2 Å². The standard InChI is InChI=1S/C17H16F2N2O3/c1-2-24-17(23)11-3-5-14(6-4-11)20-10-16(22)21-15-8-12(18)7-13(19)9-15/h3-9,20H,2,10H2,1H3,(H,21,22). The first-order chi connectivity index (χ1) is 11.5. The van der Waals surface area contributed by atoms with Crippen LogP contribution in [-0.4, -0.2) is 25.0 Å². The number of esters is 1. The van der Waals surface area contributed by atoms with Crippen LogP contribution in [0.25, 0.3) is 0 Å². The number of hydrogen-bond donors (Lipinski definition) is 2. The van der Waals surface area contributed by atoms with Gasteiger partial charge in [0.05, 0.1) is 18.7 Å². The van der Waals surface area contributed by atoms with Gasteiger partial charge in [-0.2, -0.15) is 0 Å². The normalized spacial score (nSPS) is 10.1. The van der Waals surface area contributed by atoms with Crippen molar-refractivity contribution in [3.63, 3.8) is 0 Å². The third-order valence-corrected chi connectivity index (χ3v) is 3.00. The fourth-order valence-corrected chi connectivity index (χ4v) is 1.95. The summed E-state index contributed by atoms with van der Waals surface area (Å²) in [6.45, 7) is 1.91. The maximum Gasteiger partial charge on any atom is 0.338 e. The fraction of sp³-hybridized carbons (Fsp3) is 0.176. The highest BCUT2D eigenvalue weighted by atomic mass is 19.1. The van der Waals surface area contributed by atoms with Crippen molar-refractivity contribution in [3.05, 3.63) is 59.7 Å². The molecule has 126 valence electrons. The summed E-state index contributed by atoms with van der Waals surface area (Å²) in [4.78, 5) is 23.3. The summed E-state index contributed by atoms with van der Waals surface area (Å²) < 4.78 is 31.0. The van der Waals surface area contributed by atoms with Crippen LogP contribution in [0.2, 0.25) is 0 Å². The van der Waals surface area contributed by atoms with Crippen LogP contribution in [0, 0.1) is 11.6 Å². The van der Waals surface area contributed by atoms with Crippen molar-refractivity contribution in [1.82, 2.24) is 0 Å². The highest BCUT2D eigenvalue weighted by molar-refractivity contribution is 5.94. The number of hydrogen-bond acceptors (Lipinski definition) is 4. The van der Waals surface area contributed by atoms with Gasteiger partial charge in [0.1, 0.15) is 11.6 Å². The molecule has 0 atom stereocenters. The van der Waals surface area contributed by atoms with Crippen molar-refractivity contribution in [3.8, 4) is 0 Å². The zero-order chi connectivity index (χ0) is 17.5. The maximum atomic E-state index is 13.0. The van der Waals surface area contributed by atoms with Gasteiger partial charge in [0.15, 0.2) is 0 Å². The molecule has 0 radical (unpaired) electrons. The molecule has 2 rings (SSSR count). The van der Waals surface area contributed by atoms with Gasteiger partial charge in [0.2, 0.25) is 5.91 Å². The van der Waals surface area contributed by atoms with E-state index in [4.69, 9.17) is 4.74 Å². The average Bonchev–Trinajstić information content (AvgIpc) is 2.52. The van der Waals surface area contributed by atoms with E-state index >= 15 is 0 Å². The van der Waals surface area contributed by atoms with E-state index in [1.807, 2.05) is 0 Å². The third-order valence-electron chi connectivity index (χ3n) is 3.00. The highest BCUT2D eigenvalue weighted by Gasteiger charge is 2.07. The Labute approximate surface area is 137 Å². The number of ether oxygens (including phenoxy) is 1. The Morgan fingerprint density at radius 2 is 1.62 bits per heavy atom. The molecule has 0 spiro atoms. The molecule has 2 aromatic rings. The first-order valence-corrected chi connectivity index (χ1v) is 7.25. The Bertz CT molecular complexity index is 713. The predicted molar refractivity (Wildman–Crippen MR) is 85.9 cm³/mol. The van der Waals surface area contributed by atoms with Crippen molar-refractivity contribution in [2.45, 2.75) is 6.92 Å². The molecule has 0 saturated carbocycles. The second-order valence-corrected chi connectivity index (χ2v) is 4.86. The minimum Gasteiger partial charge on any atom is -0.462 e. The van der Waals surface area contributed by atoms with Crippen LogP contribution in [0.3, 0.4) is 0 Å². The van der Waals surface area contributed by atoms with Crippen molar-refractivity contribution in [2.24, 2.45) is 0 Å². The van der Waals surface area contributed by atoms with Gasteiger partial charge in [-0.1, -0.05) is 0 Å². The summed E-state index contributed by atoms with van der Waals surface area (Å²) in [5, 5.41) is 5.23. The van der Waals surface area contributed by atoms with Gasteiger partial charge < -0.3 is 15.4 Å². The van der Waals surface area contributed by atoms with E-state index in [9.17, 15) is 18.4 Å². The van der Waals surface area contributed by atoms with E-state index in [2.05, 4.69) is 10.6 Å². The molecule has 0 bridgehead atoms. The Hall–Kier alpha value is -2.96. The summed E-state index contributed by atoms with van der Waals surface area (Å²) in [5.74, 6) is -2.43. The summed E-state index contributed by atoms with van der Waals surface area (Å²) in [6, 6.07) is 9.16. The SMILES string of the molecule is CCOC(=O)c1ccc(NCC(=O)Nc2cc(F)cc(F)c2)cc1. The molecule has 0 aliphatic heterocycles. The van der Waals surface area contributed by atoms with Gasteiger partial charge in [0, 0.05) is 17.4 Å². The molecule has 2 aromatic carbocycles. The minimum absolute atomic E-state index is 0.0389. The number of rotatable bonds is 6. The van der Waals surface area contributed by atoms with Gasteiger partial charge in [-0.15, -0.1) is 0 Å². The molecule has 0 aliphatic rings.